The van der Waals surface area contributed by atoms with E-state index in [1.54, 1.807) is 45.0 Å². The molecule has 5 rings (SSSR count). The van der Waals surface area contributed by atoms with Gasteiger partial charge in [0.1, 0.15) is 28.9 Å². The lowest BCUT2D eigenvalue weighted by molar-refractivity contribution is -0.105. The van der Waals surface area contributed by atoms with Crippen LogP contribution < -0.4 is 10.5 Å². The first-order chi connectivity index (χ1) is 20.3. The number of fused-ring (bicyclic) bond motifs is 2. The third kappa shape index (κ3) is 5.32. The number of carbonyl (C=O) groups excluding carboxylic acids is 3. The van der Waals surface area contributed by atoms with E-state index in [1.165, 1.54) is 22.8 Å². The van der Waals surface area contributed by atoms with Crippen molar-refractivity contribution in [2.45, 2.75) is 32.9 Å². The van der Waals surface area contributed by atoms with E-state index in [2.05, 4.69) is 11.7 Å². The second kappa shape index (κ2) is 10.8. The Morgan fingerprint density at radius 1 is 1.12 bits per heavy atom. The van der Waals surface area contributed by atoms with Gasteiger partial charge in [-0.05, 0) is 67.8 Å². The van der Waals surface area contributed by atoms with Crippen LogP contribution in [0, 0.1) is 0 Å². The normalized spacial score (nSPS) is 12.7. The van der Waals surface area contributed by atoms with Crippen molar-refractivity contribution in [2.75, 3.05) is 19.4 Å². The third-order valence-electron chi connectivity index (χ3n) is 7.02. The van der Waals surface area contributed by atoms with Crippen molar-refractivity contribution < 1.29 is 33.8 Å². The van der Waals surface area contributed by atoms with Gasteiger partial charge in [0.25, 0.3) is 5.91 Å². The summed E-state index contributed by atoms with van der Waals surface area (Å²) in [6.07, 6.45) is -0.0633. The fourth-order valence-electron chi connectivity index (χ4n) is 5.14. The van der Waals surface area contributed by atoms with Gasteiger partial charge in [-0.15, -0.1) is 0 Å². The number of nitrogens with zero attached hydrogens (tertiary/aromatic N) is 3. The Balaban J connectivity index is 1.70. The number of carboxylic acid groups (broad SMARTS) is 1. The number of amides is 1. The van der Waals surface area contributed by atoms with Crippen molar-refractivity contribution in [3.05, 3.63) is 77.4 Å². The van der Waals surface area contributed by atoms with Gasteiger partial charge in [-0.1, -0.05) is 24.8 Å². The van der Waals surface area contributed by atoms with Gasteiger partial charge in [0.05, 0.1) is 18.2 Å². The van der Waals surface area contributed by atoms with Crippen LogP contribution in [-0.4, -0.2) is 63.3 Å². The van der Waals surface area contributed by atoms with Crippen molar-refractivity contribution in [2.24, 2.45) is 0 Å². The van der Waals surface area contributed by atoms with E-state index in [4.69, 9.17) is 15.2 Å². The average Bonchev–Trinajstić information content (AvgIpc) is 3.50. The average molecular weight is 583 g/mol. The smallest absolute Gasteiger partial charge is 0.435 e. The van der Waals surface area contributed by atoms with Crippen LogP contribution in [0.3, 0.4) is 0 Å². The van der Waals surface area contributed by atoms with E-state index in [9.17, 15) is 24.3 Å². The summed E-state index contributed by atoms with van der Waals surface area (Å²) in [4.78, 5) is 50.8. The predicted octanol–water partition coefficient (Wildman–Crippen LogP) is 5.15. The number of hydrogen-bond donors (Lipinski definition) is 2. The number of anilines is 1. The van der Waals surface area contributed by atoms with E-state index in [1.807, 2.05) is 18.2 Å². The molecule has 0 atom stereocenters. The van der Waals surface area contributed by atoms with Gasteiger partial charge in [-0.2, -0.15) is 9.78 Å². The zero-order chi connectivity index (χ0) is 31.2. The molecule has 0 aliphatic carbocycles. The van der Waals surface area contributed by atoms with Crippen LogP contribution in [0.2, 0.25) is 0 Å². The molecule has 0 radical (unpaired) electrons. The van der Waals surface area contributed by atoms with Crippen LogP contribution in [0.5, 0.6) is 5.75 Å². The Morgan fingerprint density at radius 2 is 1.84 bits per heavy atom. The number of ether oxygens (including phenoxy) is 2. The number of methoxy groups -OCH3 is 1. The first-order valence-corrected chi connectivity index (χ1v) is 13.3. The SMILES string of the molecule is C=C(C=O)CN1Cc2c(-c3ccc4c(c3)c(-c3ccc(C(=O)O)c(OC)c3)nn4C(=O)OC(C)(C)C)ccc(N)c2C1=O. The number of rotatable bonds is 7. The first kappa shape index (κ1) is 29.1. The molecule has 11 nitrogen and oxygen atoms in total. The minimum atomic E-state index is -1.15. The van der Waals surface area contributed by atoms with Crippen LogP contribution >= 0.6 is 0 Å². The van der Waals surface area contributed by atoms with Crippen LogP contribution in [0.4, 0.5) is 10.5 Å². The van der Waals surface area contributed by atoms with E-state index >= 15 is 0 Å². The highest BCUT2D eigenvalue weighted by Gasteiger charge is 2.32. The lowest BCUT2D eigenvalue weighted by Gasteiger charge is -2.19. The fraction of sp³-hybridized carbons (Fsp3) is 0.219. The lowest BCUT2D eigenvalue weighted by Crippen LogP contribution is -2.27. The van der Waals surface area contributed by atoms with Crippen molar-refractivity contribution in [1.29, 1.82) is 0 Å². The Morgan fingerprint density at radius 3 is 2.49 bits per heavy atom. The molecule has 220 valence electrons. The molecule has 1 aliphatic rings. The highest BCUT2D eigenvalue weighted by atomic mass is 16.6. The minimum absolute atomic E-state index is 0.0215. The molecule has 2 heterocycles. The van der Waals surface area contributed by atoms with Gasteiger partial charge < -0.3 is 25.2 Å². The van der Waals surface area contributed by atoms with Crippen molar-refractivity contribution in [1.82, 2.24) is 14.7 Å². The van der Waals surface area contributed by atoms with Gasteiger partial charge in [0.2, 0.25) is 0 Å². The molecule has 0 fully saturated rings. The van der Waals surface area contributed by atoms with E-state index in [0.717, 1.165) is 11.1 Å². The molecule has 1 aromatic heterocycles. The molecule has 43 heavy (non-hydrogen) atoms. The highest BCUT2D eigenvalue weighted by molar-refractivity contribution is 6.06. The van der Waals surface area contributed by atoms with Gasteiger partial charge in [0.15, 0.2) is 0 Å². The summed E-state index contributed by atoms with van der Waals surface area (Å²) < 4.78 is 12.1. The standard InChI is InChI=1S/C32H30N4O7/c1-17(16-37)14-35-15-23-20(9-10-24(33)27(23)29(35)38)18-7-11-25-22(12-18)28(34-36(25)31(41)43-32(2,3)4)19-6-8-21(30(39)40)26(13-19)42-5/h6-13,16H,1,14-15,33H2,2-5H3,(H,39,40). The monoisotopic (exact) mass is 582 g/mol. The van der Waals surface area contributed by atoms with Crippen LogP contribution in [0.25, 0.3) is 33.3 Å². The number of carbonyl (C=O) groups is 4. The van der Waals surface area contributed by atoms with Crippen LogP contribution in [0.15, 0.2) is 60.7 Å². The molecule has 1 amide bonds. The Hall–Kier alpha value is -5.45. The number of nitrogens with two attached hydrogens (primary N) is 1. The molecular weight excluding hydrogens is 552 g/mol. The fourth-order valence-corrected chi connectivity index (χ4v) is 5.14. The Bertz CT molecular complexity index is 1850. The third-order valence-corrected chi connectivity index (χ3v) is 7.02. The number of carboxylic acids is 1. The van der Waals surface area contributed by atoms with Gasteiger partial charge in [-0.25, -0.2) is 9.59 Å². The number of aromatic carboxylic acids is 1. The summed E-state index contributed by atoms with van der Waals surface area (Å²) in [5, 5.41) is 14.7. The molecule has 4 aromatic rings. The highest BCUT2D eigenvalue weighted by Crippen LogP contribution is 2.39. The molecule has 0 saturated heterocycles. The molecular formula is C32H30N4O7. The summed E-state index contributed by atoms with van der Waals surface area (Å²) >= 11 is 0. The van der Waals surface area contributed by atoms with Crippen LogP contribution in [-0.2, 0) is 16.1 Å². The first-order valence-electron chi connectivity index (χ1n) is 13.3. The Labute approximate surface area is 247 Å². The van der Waals surface area contributed by atoms with Gasteiger partial charge in [-0.3, -0.25) is 9.59 Å². The zero-order valence-electron chi connectivity index (χ0n) is 24.1. The molecule has 11 heteroatoms. The summed E-state index contributed by atoms with van der Waals surface area (Å²) in [7, 11) is 1.37. The molecule has 3 N–H and O–H groups in total. The van der Waals surface area contributed by atoms with E-state index in [-0.39, 0.29) is 35.9 Å². The van der Waals surface area contributed by atoms with Crippen molar-refractivity contribution >= 4 is 40.8 Å². The minimum Gasteiger partial charge on any atom is -0.496 e. The number of nitrogen functional groups attached to an aromatic ring is 1. The summed E-state index contributed by atoms with van der Waals surface area (Å²) in [6, 6.07) is 13.4. The zero-order valence-corrected chi connectivity index (χ0v) is 24.1. The molecule has 0 bridgehead atoms. The van der Waals surface area contributed by atoms with E-state index in [0.29, 0.717) is 45.3 Å². The van der Waals surface area contributed by atoms with Gasteiger partial charge >= 0.3 is 12.1 Å². The van der Waals surface area contributed by atoms with Crippen LogP contribution in [0.1, 0.15) is 47.1 Å². The number of aldehydes is 1. The maximum absolute atomic E-state index is 13.2. The Kier molecular flexibility index (Phi) is 7.26. The van der Waals surface area contributed by atoms with Crippen molar-refractivity contribution in [3.63, 3.8) is 0 Å². The topological polar surface area (TPSA) is 154 Å². The maximum Gasteiger partial charge on any atom is 0.435 e. The van der Waals surface area contributed by atoms with E-state index < -0.39 is 17.7 Å². The molecule has 0 unspecified atom stereocenters. The number of aromatic nitrogens is 2. The maximum atomic E-state index is 13.2. The second-order valence-electron chi connectivity index (χ2n) is 11.2. The van der Waals surface area contributed by atoms with Gasteiger partial charge in [0, 0.05) is 35.3 Å². The quantitative estimate of drug-likeness (QED) is 0.171. The molecule has 0 spiro atoms. The summed E-state index contributed by atoms with van der Waals surface area (Å²) in [6.45, 7) is 9.26. The molecule has 3 aromatic carbocycles. The predicted molar refractivity (Wildman–Crippen MR) is 160 cm³/mol. The lowest BCUT2D eigenvalue weighted by atomic mass is 9.94. The number of benzene rings is 3. The largest absolute Gasteiger partial charge is 0.496 e. The number of hydrogen-bond acceptors (Lipinski definition) is 8. The summed E-state index contributed by atoms with van der Waals surface area (Å²) in [5.41, 5.74) is 9.93. The molecule has 1 aliphatic heterocycles. The summed E-state index contributed by atoms with van der Waals surface area (Å²) in [5.74, 6) is -1.30. The molecule has 0 saturated carbocycles. The second-order valence-corrected chi connectivity index (χ2v) is 11.2. The van der Waals surface area contributed by atoms with Crippen molar-refractivity contribution in [3.8, 4) is 28.1 Å².